The van der Waals surface area contributed by atoms with E-state index in [-0.39, 0.29) is 11.5 Å². The van der Waals surface area contributed by atoms with Crippen molar-refractivity contribution in [2.45, 2.75) is 13.0 Å². The first-order valence-corrected chi connectivity index (χ1v) is 5.11. The highest BCUT2D eigenvalue weighted by Crippen LogP contribution is 2.15. The number of methoxy groups -OCH3 is 1. The Hall–Kier alpha value is -1.88. The molecule has 5 nitrogen and oxygen atoms in total. The first kappa shape index (κ1) is 13.2. The lowest BCUT2D eigenvalue weighted by molar-refractivity contribution is -0.127. The highest BCUT2D eigenvalue weighted by molar-refractivity contribution is 5.96. The van der Waals surface area contributed by atoms with Gasteiger partial charge in [-0.2, -0.15) is 0 Å². The van der Waals surface area contributed by atoms with Crippen LogP contribution in [0.4, 0.5) is 5.69 Å². The number of benzene rings is 1. The second kappa shape index (κ2) is 5.45. The Bertz CT molecular complexity index is 413. The van der Waals surface area contributed by atoms with E-state index in [4.69, 9.17) is 9.84 Å². The summed E-state index contributed by atoms with van der Waals surface area (Å²) in [6.45, 7) is 1.66. The number of aromatic carboxylic acids is 1. The van der Waals surface area contributed by atoms with Crippen molar-refractivity contribution < 1.29 is 19.4 Å². The van der Waals surface area contributed by atoms with Gasteiger partial charge in [0, 0.05) is 19.8 Å². The number of carbonyl (C=O) groups is 2. The van der Waals surface area contributed by atoms with E-state index in [9.17, 15) is 9.59 Å². The van der Waals surface area contributed by atoms with Gasteiger partial charge in [0.1, 0.15) is 6.10 Å². The van der Waals surface area contributed by atoms with E-state index in [1.807, 2.05) is 0 Å². The summed E-state index contributed by atoms with van der Waals surface area (Å²) in [6, 6.07) is 6.09. The van der Waals surface area contributed by atoms with Gasteiger partial charge < -0.3 is 14.7 Å². The Balaban J connectivity index is 2.86. The fraction of sp³-hybridized carbons (Fsp3) is 0.333. The van der Waals surface area contributed by atoms with Crippen molar-refractivity contribution in [1.29, 1.82) is 0 Å². The second-order valence-corrected chi connectivity index (χ2v) is 3.63. The smallest absolute Gasteiger partial charge is 0.335 e. The third-order valence-electron chi connectivity index (χ3n) is 2.53. The Morgan fingerprint density at radius 3 is 2.24 bits per heavy atom. The van der Waals surface area contributed by atoms with E-state index in [1.165, 1.54) is 24.1 Å². The summed E-state index contributed by atoms with van der Waals surface area (Å²) in [6.07, 6.45) is -0.529. The molecule has 0 aliphatic heterocycles. The van der Waals surface area contributed by atoms with Gasteiger partial charge in [-0.1, -0.05) is 0 Å². The summed E-state index contributed by atoms with van der Waals surface area (Å²) < 4.78 is 4.93. The molecule has 1 aromatic rings. The van der Waals surface area contributed by atoms with Crippen LogP contribution in [-0.2, 0) is 9.53 Å². The summed E-state index contributed by atoms with van der Waals surface area (Å²) in [4.78, 5) is 23.9. The monoisotopic (exact) mass is 237 g/mol. The molecule has 1 unspecified atom stereocenters. The number of amides is 1. The molecule has 0 radical (unpaired) electrons. The minimum atomic E-state index is -0.990. The number of carboxylic acids is 1. The average molecular weight is 237 g/mol. The molecule has 0 saturated heterocycles. The lowest BCUT2D eigenvalue weighted by atomic mass is 10.2. The maximum absolute atomic E-state index is 11.8. The van der Waals surface area contributed by atoms with Crippen LogP contribution in [-0.4, -0.2) is 37.2 Å². The Morgan fingerprint density at radius 2 is 1.82 bits per heavy atom. The van der Waals surface area contributed by atoms with Crippen LogP contribution in [0.2, 0.25) is 0 Å². The third-order valence-corrected chi connectivity index (χ3v) is 2.53. The van der Waals surface area contributed by atoms with Crippen LogP contribution in [0.3, 0.4) is 0 Å². The Morgan fingerprint density at radius 1 is 1.29 bits per heavy atom. The molecule has 0 spiro atoms. The van der Waals surface area contributed by atoms with E-state index < -0.39 is 12.1 Å². The van der Waals surface area contributed by atoms with Gasteiger partial charge in [0.15, 0.2) is 0 Å². The summed E-state index contributed by atoms with van der Waals surface area (Å²) in [7, 11) is 3.08. The van der Waals surface area contributed by atoms with Gasteiger partial charge in [-0.25, -0.2) is 4.79 Å². The number of nitrogens with zero attached hydrogens (tertiary/aromatic N) is 1. The number of carbonyl (C=O) groups excluding carboxylic acids is 1. The van der Waals surface area contributed by atoms with Crippen molar-refractivity contribution in [3.05, 3.63) is 29.8 Å². The number of ether oxygens (including phenoxy) is 1. The van der Waals surface area contributed by atoms with Crippen molar-refractivity contribution in [2.75, 3.05) is 19.1 Å². The predicted octanol–water partition coefficient (Wildman–Crippen LogP) is 1.38. The third kappa shape index (κ3) is 3.04. The fourth-order valence-electron chi connectivity index (χ4n) is 1.33. The minimum Gasteiger partial charge on any atom is -0.478 e. The molecule has 0 heterocycles. The van der Waals surface area contributed by atoms with Gasteiger partial charge >= 0.3 is 5.97 Å². The number of rotatable bonds is 4. The van der Waals surface area contributed by atoms with Gasteiger partial charge in [0.2, 0.25) is 0 Å². The second-order valence-electron chi connectivity index (χ2n) is 3.63. The molecule has 17 heavy (non-hydrogen) atoms. The number of anilines is 1. The van der Waals surface area contributed by atoms with E-state index >= 15 is 0 Å². The van der Waals surface area contributed by atoms with Crippen molar-refractivity contribution in [2.24, 2.45) is 0 Å². The highest BCUT2D eigenvalue weighted by atomic mass is 16.5. The largest absolute Gasteiger partial charge is 0.478 e. The molecule has 0 aliphatic rings. The first-order valence-electron chi connectivity index (χ1n) is 5.11. The summed E-state index contributed by atoms with van der Waals surface area (Å²) in [5, 5.41) is 8.75. The van der Waals surface area contributed by atoms with Gasteiger partial charge in [-0.05, 0) is 31.2 Å². The number of hydrogen-bond donors (Lipinski definition) is 1. The van der Waals surface area contributed by atoms with Crippen LogP contribution in [0, 0.1) is 0 Å². The van der Waals surface area contributed by atoms with Crippen LogP contribution in [0.1, 0.15) is 17.3 Å². The van der Waals surface area contributed by atoms with E-state index in [0.29, 0.717) is 5.69 Å². The van der Waals surface area contributed by atoms with Crippen LogP contribution in [0.15, 0.2) is 24.3 Å². The zero-order valence-electron chi connectivity index (χ0n) is 10.0. The zero-order valence-corrected chi connectivity index (χ0v) is 10.0. The molecule has 92 valence electrons. The minimum absolute atomic E-state index is 0.185. The van der Waals surface area contributed by atoms with Gasteiger partial charge in [0.25, 0.3) is 5.91 Å². The molecule has 0 saturated carbocycles. The molecule has 1 aromatic carbocycles. The zero-order chi connectivity index (χ0) is 13.0. The molecular weight excluding hydrogens is 222 g/mol. The average Bonchev–Trinajstić information content (AvgIpc) is 2.36. The standard InChI is InChI=1S/C12H15NO4/c1-8(17-3)11(14)13(2)10-6-4-9(5-7-10)12(15)16/h4-8H,1-3H3,(H,15,16). The van der Waals surface area contributed by atoms with Crippen LogP contribution in [0.5, 0.6) is 0 Å². The normalized spacial score (nSPS) is 11.9. The molecule has 0 bridgehead atoms. The molecule has 0 aromatic heterocycles. The van der Waals surface area contributed by atoms with Crippen molar-refractivity contribution in [3.63, 3.8) is 0 Å². The predicted molar refractivity (Wildman–Crippen MR) is 63.3 cm³/mol. The highest BCUT2D eigenvalue weighted by Gasteiger charge is 2.18. The maximum atomic E-state index is 11.8. The summed E-state index contributed by atoms with van der Waals surface area (Å²) in [5.41, 5.74) is 0.818. The molecule has 1 N–H and O–H groups in total. The lowest BCUT2D eigenvalue weighted by Crippen LogP contribution is -2.35. The summed E-state index contributed by atoms with van der Waals surface area (Å²) in [5.74, 6) is -1.17. The van der Waals surface area contributed by atoms with Crippen molar-refractivity contribution >= 4 is 17.6 Å². The van der Waals surface area contributed by atoms with Gasteiger partial charge in [-0.15, -0.1) is 0 Å². The van der Waals surface area contributed by atoms with Crippen molar-refractivity contribution in [3.8, 4) is 0 Å². The van der Waals surface area contributed by atoms with Crippen LogP contribution < -0.4 is 4.90 Å². The van der Waals surface area contributed by atoms with Crippen molar-refractivity contribution in [1.82, 2.24) is 0 Å². The van der Waals surface area contributed by atoms with Gasteiger partial charge in [0.05, 0.1) is 5.56 Å². The summed E-state index contributed by atoms with van der Waals surface area (Å²) >= 11 is 0. The SMILES string of the molecule is COC(C)C(=O)N(C)c1ccc(C(=O)O)cc1. The molecule has 1 amide bonds. The number of carboxylic acid groups (broad SMARTS) is 1. The molecule has 5 heteroatoms. The molecular formula is C12H15NO4. The Kier molecular flexibility index (Phi) is 4.23. The number of hydrogen-bond acceptors (Lipinski definition) is 3. The van der Waals surface area contributed by atoms with E-state index in [0.717, 1.165) is 0 Å². The van der Waals surface area contributed by atoms with E-state index in [1.54, 1.807) is 26.1 Å². The Labute approximate surface area is 99.6 Å². The maximum Gasteiger partial charge on any atom is 0.335 e. The lowest BCUT2D eigenvalue weighted by Gasteiger charge is -2.20. The molecule has 0 aliphatic carbocycles. The first-order chi connectivity index (χ1) is 7.97. The fourth-order valence-corrected chi connectivity index (χ4v) is 1.33. The molecule has 1 atom stereocenters. The van der Waals surface area contributed by atoms with Gasteiger partial charge in [-0.3, -0.25) is 4.79 Å². The molecule has 1 rings (SSSR count). The number of likely N-dealkylation sites (N-methyl/N-ethyl adjacent to an activating group) is 1. The van der Waals surface area contributed by atoms with Crippen LogP contribution in [0.25, 0.3) is 0 Å². The van der Waals surface area contributed by atoms with E-state index in [2.05, 4.69) is 0 Å². The topological polar surface area (TPSA) is 66.8 Å². The quantitative estimate of drug-likeness (QED) is 0.859. The molecule has 0 fully saturated rings. The van der Waals surface area contributed by atoms with Crippen LogP contribution >= 0.6 is 0 Å².